The molecule has 0 saturated carbocycles. The molecule has 22 heavy (non-hydrogen) atoms. The highest BCUT2D eigenvalue weighted by Gasteiger charge is 2.10. The Bertz CT molecular complexity index is 864. The van der Waals surface area contributed by atoms with Crippen LogP contribution in [0.1, 0.15) is 21.7 Å². The van der Waals surface area contributed by atoms with Gasteiger partial charge in [0.2, 0.25) is 5.95 Å². The minimum absolute atomic E-state index is 0.250. The van der Waals surface area contributed by atoms with E-state index in [0.717, 1.165) is 21.4 Å². The molecule has 2 heterocycles. The van der Waals surface area contributed by atoms with Crippen LogP contribution in [0.3, 0.4) is 0 Å². The first kappa shape index (κ1) is 14.5. The van der Waals surface area contributed by atoms with E-state index in [9.17, 15) is 4.79 Å². The lowest BCUT2D eigenvalue weighted by Crippen LogP contribution is -2.14. The van der Waals surface area contributed by atoms with Crippen molar-refractivity contribution >= 4 is 38.8 Å². The number of carbonyl (C=O) groups excluding carboxylic acids is 1. The second-order valence-corrected chi connectivity index (χ2v) is 5.69. The Morgan fingerprint density at radius 3 is 2.36 bits per heavy atom. The maximum atomic E-state index is 12.2. The lowest BCUT2D eigenvalue weighted by atomic mass is 10.1. The number of nitrogens with zero attached hydrogens (tertiary/aromatic N) is 4. The van der Waals surface area contributed by atoms with Crippen LogP contribution in [0, 0.1) is 13.8 Å². The number of rotatable bonds is 2. The molecule has 1 aromatic carbocycles. The number of halogens is 1. The molecule has 110 valence electrons. The SMILES string of the molecule is Cc1nc2ccc(C(=O)Nc3ncc(Br)cn3)cc2nc1C. The molecule has 0 aliphatic carbocycles. The van der Waals surface area contributed by atoms with Crippen molar-refractivity contribution in [3.8, 4) is 0 Å². The Morgan fingerprint density at radius 2 is 1.68 bits per heavy atom. The second kappa shape index (κ2) is 5.76. The molecule has 0 aliphatic heterocycles. The van der Waals surface area contributed by atoms with E-state index in [1.807, 2.05) is 13.8 Å². The first-order valence-electron chi connectivity index (χ1n) is 6.57. The molecule has 0 bridgehead atoms. The Balaban J connectivity index is 1.90. The quantitative estimate of drug-likeness (QED) is 0.762. The summed E-state index contributed by atoms with van der Waals surface area (Å²) in [6, 6.07) is 5.20. The van der Waals surface area contributed by atoms with Gasteiger partial charge in [-0.1, -0.05) is 0 Å². The zero-order chi connectivity index (χ0) is 15.7. The number of nitrogens with one attached hydrogen (secondary N) is 1. The average Bonchev–Trinajstić information content (AvgIpc) is 2.50. The fourth-order valence-corrected chi connectivity index (χ4v) is 2.13. The molecule has 7 heteroatoms. The van der Waals surface area contributed by atoms with Gasteiger partial charge in [0.1, 0.15) is 0 Å². The van der Waals surface area contributed by atoms with Crippen LogP contribution >= 0.6 is 15.9 Å². The van der Waals surface area contributed by atoms with Crippen LogP contribution in [0.5, 0.6) is 0 Å². The van der Waals surface area contributed by atoms with Crippen molar-refractivity contribution in [2.75, 3.05) is 5.32 Å². The summed E-state index contributed by atoms with van der Waals surface area (Å²) in [5.74, 6) is -0.0382. The highest BCUT2D eigenvalue weighted by Crippen LogP contribution is 2.15. The highest BCUT2D eigenvalue weighted by molar-refractivity contribution is 9.10. The summed E-state index contributed by atoms with van der Waals surface area (Å²) < 4.78 is 0.748. The first-order valence-corrected chi connectivity index (χ1v) is 7.36. The van der Waals surface area contributed by atoms with Crippen LogP contribution in [-0.4, -0.2) is 25.8 Å². The van der Waals surface area contributed by atoms with E-state index in [1.165, 1.54) is 0 Å². The molecule has 0 radical (unpaired) electrons. The summed E-state index contributed by atoms with van der Waals surface area (Å²) in [5, 5.41) is 2.65. The summed E-state index contributed by atoms with van der Waals surface area (Å²) in [6.07, 6.45) is 3.14. The van der Waals surface area contributed by atoms with E-state index >= 15 is 0 Å². The van der Waals surface area contributed by atoms with E-state index in [1.54, 1.807) is 30.6 Å². The predicted molar refractivity (Wildman–Crippen MR) is 86.7 cm³/mol. The normalized spacial score (nSPS) is 10.7. The average molecular weight is 358 g/mol. The molecule has 1 amide bonds. The summed E-state index contributed by atoms with van der Waals surface area (Å²) in [6.45, 7) is 3.80. The van der Waals surface area contributed by atoms with Crippen LogP contribution < -0.4 is 5.32 Å². The predicted octanol–water partition coefficient (Wildman–Crippen LogP) is 3.05. The number of anilines is 1. The van der Waals surface area contributed by atoms with Crippen LogP contribution in [0.2, 0.25) is 0 Å². The molecular weight excluding hydrogens is 346 g/mol. The van der Waals surface area contributed by atoms with Crippen LogP contribution in [0.25, 0.3) is 11.0 Å². The monoisotopic (exact) mass is 357 g/mol. The zero-order valence-corrected chi connectivity index (χ0v) is 13.5. The van der Waals surface area contributed by atoms with Gasteiger partial charge in [-0.3, -0.25) is 10.1 Å². The molecular formula is C15H12BrN5O. The maximum absolute atomic E-state index is 12.2. The molecule has 0 unspecified atom stereocenters. The minimum Gasteiger partial charge on any atom is -0.290 e. The molecule has 0 spiro atoms. The molecule has 3 aromatic rings. The number of hydrogen-bond donors (Lipinski definition) is 1. The molecule has 0 aliphatic rings. The Morgan fingerprint density at radius 1 is 1.05 bits per heavy atom. The van der Waals surface area contributed by atoms with E-state index in [4.69, 9.17) is 0 Å². The summed E-state index contributed by atoms with van der Waals surface area (Å²) in [4.78, 5) is 29.2. The molecule has 2 aromatic heterocycles. The van der Waals surface area contributed by atoms with Gasteiger partial charge in [-0.2, -0.15) is 0 Å². The standard InChI is InChI=1S/C15H12BrN5O/c1-8-9(2)20-13-5-10(3-4-12(13)19-8)14(22)21-15-17-6-11(16)7-18-15/h3-7H,1-2H3,(H,17,18,21,22). The van der Waals surface area contributed by atoms with E-state index in [0.29, 0.717) is 11.1 Å². The fraction of sp³-hybridized carbons (Fsp3) is 0.133. The lowest BCUT2D eigenvalue weighted by Gasteiger charge is -2.06. The van der Waals surface area contributed by atoms with Crippen molar-refractivity contribution in [1.29, 1.82) is 0 Å². The number of benzene rings is 1. The molecule has 3 rings (SSSR count). The van der Waals surface area contributed by atoms with Crippen molar-refractivity contribution < 1.29 is 4.79 Å². The topological polar surface area (TPSA) is 80.7 Å². The maximum Gasteiger partial charge on any atom is 0.258 e. The summed E-state index contributed by atoms with van der Waals surface area (Å²) in [7, 11) is 0. The van der Waals surface area contributed by atoms with Crippen molar-refractivity contribution in [1.82, 2.24) is 19.9 Å². The van der Waals surface area contributed by atoms with Gasteiger partial charge in [0.05, 0.1) is 26.9 Å². The van der Waals surface area contributed by atoms with Gasteiger partial charge >= 0.3 is 0 Å². The van der Waals surface area contributed by atoms with E-state index < -0.39 is 0 Å². The molecule has 6 nitrogen and oxygen atoms in total. The molecule has 1 N–H and O–H groups in total. The van der Waals surface area contributed by atoms with Gasteiger partial charge in [0.25, 0.3) is 5.91 Å². The number of aromatic nitrogens is 4. The second-order valence-electron chi connectivity index (χ2n) is 4.78. The van der Waals surface area contributed by atoms with Crippen molar-refractivity contribution in [2.24, 2.45) is 0 Å². The van der Waals surface area contributed by atoms with E-state index in [-0.39, 0.29) is 11.9 Å². The van der Waals surface area contributed by atoms with Gasteiger partial charge in [-0.05, 0) is 48.0 Å². The number of amides is 1. The third kappa shape index (κ3) is 2.94. The van der Waals surface area contributed by atoms with Gasteiger partial charge in [-0.15, -0.1) is 0 Å². The molecule has 0 atom stereocenters. The van der Waals surface area contributed by atoms with Crippen molar-refractivity contribution in [2.45, 2.75) is 13.8 Å². The number of carbonyl (C=O) groups is 1. The number of hydrogen-bond acceptors (Lipinski definition) is 5. The van der Waals surface area contributed by atoms with Crippen LogP contribution in [0.4, 0.5) is 5.95 Å². The van der Waals surface area contributed by atoms with Crippen LogP contribution in [-0.2, 0) is 0 Å². The molecule has 0 fully saturated rings. The smallest absolute Gasteiger partial charge is 0.258 e. The van der Waals surface area contributed by atoms with E-state index in [2.05, 4.69) is 41.2 Å². The third-order valence-corrected chi connectivity index (χ3v) is 3.59. The summed E-state index contributed by atoms with van der Waals surface area (Å²) >= 11 is 3.24. The summed E-state index contributed by atoms with van der Waals surface area (Å²) in [5.41, 5.74) is 3.66. The fourth-order valence-electron chi connectivity index (χ4n) is 1.92. The van der Waals surface area contributed by atoms with Gasteiger partial charge in [0.15, 0.2) is 0 Å². The number of aryl methyl sites for hydroxylation is 2. The van der Waals surface area contributed by atoms with Gasteiger partial charge < -0.3 is 0 Å². The van der Waals surface area contributed by atoms with Crippen molar-refractivity contribution in [3.63, 3.8) is 0 Å². The third-order valence-electron chi connectivity index (χ3n) is 3.18. The van der Waals surface area contributed by atoms with Crippen LogP contribution in [0.15, 0.2) is 35.1 Å². The minimum atomic E-state index is -0.288. The Kier molecular flexibility index (Phi) is 3.81. The Labute approximate surface area is 135 Å². The molecule has 0 saturated heterocycles. The first-order chi connectivity index (χ1) is 10.5. The Hall–Kier alpha value is -2.41. The highest BCUT2D eigenvalue weighted by atomic mass is 79.9. The van der Waals surface area contributed by atoms with Crippen molar-refractivity contribution in [3.05, 3.63) is 52.0 Å². The number of fused-ring (bicyclic) bond motifs is 1. The lowest BCUT2D eigenvalue weighted by molar-refractivity contribution is 0.102. The largest absolute Gasteiger partial charge is 0.290 e. The van der Waals surface area contributed by atoms with Gasteiger partial charge in [-0.25, -0.2) is 19.9 Å². The van der Waals surface area contributed by atoms with Gasteiger partial charge in [0, 0.05) is 18.0 Å². The zero-order valence-electron chi connectivity index (χ0n) is 12.0.